The molecule has 4 aliphatic heterocycles. The number of aryl methyl sites for hydroxylation is 1. The van der Waals surface area contributed by atoms with Gasteiger partial charge in [0.2, 0.25) is 0 Å². The fraction of sp³-hybridized carbons (Fsp3) is 0.188. The fourth-order valence-corrected chi connectivity index (χ4v) is 5.97. The molecule has 36 heavy (non-hydrogen) atoms. The van der Waals surface area contributed by atoms with Crippen molar-refractivity contribution >= 4 is 33.7 Å². The summed E-state index contributed by atoms with van der Waals surface area (Å²) in [6.45, 7) is 11.0. The van der Waals surface area contributed by atoms with Crippen LogP contribution >= 0.6 is 0 Å². The molecule has 2 aromatic heterocycles. The lowest BCUT2D eigenvalue weighted by molar-refractivity contribution is 0.447. The van der Waals surface area contributed by atoms with Gasteiger partial charge in [-0.2, -0.15) is 0 Å². The number of aromatic nitrogens is 2. The molecule has 176 valence electrons. The van der Waals surface area contributed by atoms with Crippen LogP contribution in [0.1, 0.15) is 56.4 Å². The molecule has 0 radical (unpaired) electrons. The summed E-state index contributed by atoms with van der Waals surface area (Å²) in [5.74, 6) is 0. The highest BCUT2D eigenvalue weighted by molar-refractivity contribution is 6.27. The summed E-state index contributed by atoms with van der Waals surface area (Å²) < 4.78 is 4.95. The van der Waals surface area contributed by atoms with E-state index in [4.69, 9.17) is 9.98 Å². The Morgan fingerprint density at radius 2 is 1.17 bits per heavy atom. The minimum Gasteiger partial charge on any atom is -0.320 e. The Morgan fingerprint density at radius 1 is 0.583 bits per heavy atom. The van der Waals surface area contributed by atoms with Crippen molar-refractivity contribution < 1.29 is 0 Å². The van der Waals surface area contributed by atoms with Crippen LogP contribution in [0.5, 0.6) is 0 Å². The van der Waals surface area contributed by atoms with Gasteiger partial charge in [0, 0.05) is 22.0 Å². The van der Waals surface area contributed by atoms with Gasteiger partial charge >= 0.3 is 0 Å². The molecule has 1 unspecified atom stereocenters. The van der Waals surface area contributed by atoms with Gasteiger partial charge in [0.15, 0.2) is 0 Å². The second-order valence-electron chi connectivity index (χ2n) is 10.1. The van der Waals surface area contributed by atoms with Crippen molar-refractivity contribution in [3.8, 4) is 0 Å². The lowest BCUT2D eigenvalue weighted by Crippen LogP contribution is -2.37. The molecule has 6 heterocycles. The molecule has 0 spiro atoms. The second kappa shape index (κ2) is 7.41. The van der Waals surface area contributed by atoms with E-state index in [1.165, 1.54) is 49.9 Å². The van der Waals surface area contributed by atoms with Crippen LogP contribution in [0.3, 0.4) is 0 Å². The lowest BCUT2D eigenvalue weighted by atomic mass is 9.99. The molecule has 7 rings (SSSR count). The molecule has 0 fully saturated rings. The molecule has 0 saturated carbocycles. The third-order valence-corrected chi connectivity index (χ3v) is 8.02. The van der Waals surface area contributed by atoms with E-state index >= 15 is 0 Å². The van der Waals surface area contributed by atoms with Crippen molar-refractivity contribution in [1.82, 2.24) is 9.13 Å². The van der Waals surface area contributed by atoms with E-state index in [-0.39, 0.29) is 6.17 Å². The minimum atomic E-state index is 0.0442. The van der Waals surface area contributed by atoms with Crippen molar-refractivity contribution in [2.45, 2.75) is 40.8 Å². The van der Waals surface area contributed by atoms with Crippen LogP contribution in [-0.2, 0) is 0 Å². The zero-order valence-electron chi connectivity index (χ0n) is 21.3. The Labute approximate surface area is 211 Å². The Kier molecular flexibility index (Phi) is 4.35. The van der Waals surface area contributed by atoms with E-state index in [9.17, 15) is 0 Å². The van der Waals surface area contributed by atoms with E-state index in [0.29, 0.717) is 0 Å². The van der Waals surface area contributed by atoms with Crippen LogP contribution in [0, 0.1) is 6.92 Å². The molecular weight excluding hydrogens is 440 g/mol. The van der Waals surface area contributed by atoms with Gasteiger partial charge < -0.3 is 9.13 Å². The first kappa shape index (κ1) is 21.1. The Hall–Kier alpha value is -4.18. The highest BCUT2D eigenvalue weighted by Crippen LogP contribution is 2.37. The zero-order chi connectivity index (χ0) is 24.7. The number of benzene rings is 1. The lowest BCUT2D eigenvalue weighted by Gasteiger charge is -2.27. The molecule has 0 saturated heterocycles. The normalized spacial score (nSPS) is 19.9. The molecule has 0 amide bonds. The number of allylic oxidation sites excluding steroid dienone is 5. The predicted octanol–water partition coefficient (Wildman–Crippen LogP) is 5.55. The molecule has 4 aliphatic rings. The average Bonchev–Trinajstić information content (AvgIpc) is 3.68. The Balaban J connectivity index is 1.70. The summed E-state index contributed by atoms with van der Waals surface area (Å²) in [5.41, 5.74) is 13.6. The summed E-state index contributed by atoms with van der Waals surface area (Å²) >= 11 is 0. The third kappa shape index (κ3) is 2.81. The van der Waals surface area contributed by atoms with E-state index in [0.717, 1.165) is 28.4 Å². The molecule has 3 aromatic rings. The van der Waals surface area contributed by atoms with Gasteiger partial charge in [0.25, 0.3) is 0 Å². The zero-order valence-corrected chi connectivity index (χ0v) is 21.3. The van der Waals surface area contributed by atoms with Gasteiger partial charge in [-0.1, -0.05) is 29.8 Å². The molecule has 0 N–H and O–H groups in total. The maximum atomic E-state index is 5.18. The summed E-state index contributed by atoms with van der Waals surface area (Å²) in [6, 6.07) is 17.8. The first-order valence-corrected chi connectivity index (χ1v) is 12.6. The number of fused-ring (bicyclic) bond motifs is 2. The number of rotatable bonds is 1. The molecule has 4 heteroatoms. The van der Waals surface area contributed by atoms with Gasteiger partial charge in [-0.05, 0) is 105 Å². The minimum absolute atomic E-state index is 0.0442. The van der Waals surface area contributed by atoms with Crippen molar-refractivity contribution in [2.75, 3.05) is 0 Å². The SMILES string of the molecule is CC1=C2C=CC(=N2)C(C)=c2ccc3n2C(C)n2c1ccc2C(c1ccc(C)cc1)=C1C=CC(=N1)C=3C. The van der Waals surface area contributed by atoms with Crippen LogP contribution in [0.4, 0.5) is 0 Å². The van der Waals surface area contributed by atoms with Crippen LogP contribution in [0.25, 0.3) is 22.3 Å². The smallest absolute Gasteiger partial charge is 0.108 e. The summed E-state index contributed by atoms with van der Waals surface area (Å²) in [5, 5.41) is 2.38. The van der Waals surface area contributed by atoms with Crippen LogP contribution in [-0.4, -0.2) is 20.6 Å². The molecular formula is C32H28N4. The van der Waals surface area contributed by atoms with E-state index in [1.54, 1.807) is 0 Å². The summed E-state index contributed by atoms with van der Waals surface area (Å²) in [6.07, 6.45) is 8.68. The third-order valence-electron chi connectivity index (χ3n) is 8.02. The molecule has 1 atom stereocenters. The molecule has 1 aromatic carbocycles. The van der Waals surface area contributed by atoms with E-state index in [2.05, 4.69) is 117 Å². The molecule has 6 bridgehead atoms. The number of aliphatic imine (C=N–C) groups is 2. The number of nitrogens with zero attached hydrogens (tertiary/aromatic N) is 4. The van der Waals surface area contributed by atoms with Crippen molar-refractivity contribution in [3.63, 3.8) is 0 Å². The van der Waals surface area contributed by atoms with Crippen LogP contribution in [0.15, 0.2) is 94.2 Å². The molecule has 4 nitrogen and oxygen atoms in total. The number of hydrogen-bond donors (Lipinski definition) is 0. The Morgan fingerprint density at radius 3 is 1.83 bits per heavy atom. The fourth-order valence-electron chi connectivity index (χ4n) is 5.97. The first-order chi connectivity index (χ1) is 17.4. The predicted molar refractivity (Wildman–Crippen MR) is 149 cm³/mol. The largest absolute Gasteiger partial charge is 0.320 e. The summed E-state index contributed by atoms with van der Waals surface area (Å²) in [4.78, 5) is 10.2. The van der Waals surface area contributed by atoms with Crippen molar-refractivity contribution in [1.29, 1.82) is 0 Å². The topological polar surface area (TPSA) is 34.6 Å². The maximum absolute atomic E-state index is 5.18. The van der Waals surface area contributed by atoms with Gasteiger partial charge in [-0.15, -0.1) is 0 Å². The maximum Gasteiger partial charge on any atom is 0.108 e. The van der Waals surface area contributed by atoms with Gasteiger partial charge in [-0.3, -0.25) is 0 Å². The summed E-state index contributed by atoms with van der Waals surface area (Å²) in [7, 11) is 0. The van der Waals surface area contributed by atoms with Crippen LogP contribution in [0.2, 0.25) is 0 Å². The Bertz CT molecular complexity index is 1800. The second-order valence-corrected chi connectivity index (χ2v) is 10.1. The standard InChI is InChI=1S/C32H28N4/c1-18-6-8-23(9-7-18)32-27-13-12-26(34-27)21(4)29-15-14-28-19(2)24-10-11-25(33-24)20(3)30-16-17-31(32)36(30)22(5)35(28)29/h6-17,22H,1-5H3. The van der Waals surface area contributed by atoms with Crippen LogP contribution < -0.4 is 10.7 Å². The van der Waals surface area contributed by atoms with Crippen molar-refractivity contribution in [2.24, 2.45) is 9.98 Å². The van der Waals surface area contributed by atoms with Gasteiger partial charge in [-0.25, -0.2) is 9.98 Å². The van der Waals surface area contributed by atoms with E-state index in [1.807, 2.05) is 0 Å². The highest BCUT2D eigenvalue weighted by atomic mass is 15.2. The first-order valence-electron chi connectivity index (χ1n) is 12.6. The molecule has 0 aliphatic carbocycles. The quantitative estimate of drug-likeness (QED) is 0.449. The highest BCUT2D eigenvalue weighted by Gasteiger charge is 2.27. The van der Waals surface area contributed by atoms with Gasteiger partial charge in [0.1, 0.15) is 6.17 Å². The van der Waals surface area contributed by atoms with E-state index < -0.39 is 0 Å². The van der Waals surface area contributed by atoms with Gasteiger partial charge in [0.05, 0.1) is 28.5 Å². The monoisotopic (exact) mass is 468 g/mol. The van der Waals surface area contributed by atoms with Crippen molar-refractivity contribution in [3.05, 3.63) is 117 Å². The average molecular weight is 469 g/mol. The number of hydrogen-bond acceptors (Lipinski definition) is 2.